The van der Waals surface area contributed by atoms with Crippen LogP contribution < -0.4 is 4.74 Å². The highest BCUT2D eigenvalue weighted by Crippen LogP contribution is 2.07. The molecule has 0 radical (unpaired) electrons. The van der Waals surface area contributed by atoms with Crippen molar-refractivity contribution in [3.8, 4) is 5.75 Å². The molecule has 1 aromatic rings. The van der Waals surface area contributed by atoms with E-state index in [1.54, 1.807) is 0 Å². The van der Waals surface area contributed by atoms with Crippen molar-refractivity contribution in [1.29, 1.82) is 0 Å². The van der Waals surface area contributed by atoms with Gasteiger partial charge in [-0.05, 0) is 32.4 Å². The SMILES string of the molecule is CC=C(C)CCOCCOc1ccccc1. The fraction of sp³-hybridized carbons (Fsp3) is 0.429. The second-order valence-corrected chi connectivity index (χ2v) is 3.66. The highest BCUT2D eigenvalue weighted by atomic mass is 16.5. The monoisotopic (exact) mass is 220 g/mol. The maximum absolute atomic E-state index is 5.50. The first-order valence-electron chi connectivity index (χ1n) is 5.70. The molecular formula is C14H20O2. The van der Waals surface area contributed by atoms with Gasteiger partial charge in [0.1, 0.15) is 12.4 Å². The zero-order valence-corrected chi connectivity index (χ0v) is 10.1. The number of para-hydroxylation sites is 1. The van der Waals surface area contributed by atoms with Gasteiger partial charge in [-0.15, -0.1) is 0 Å². The maximum atomic E-state index is 5.50. The molecule has 0 aromatic heterocycles. The second-order valence-electron chi connectivity index (χ2n) is 3.66. The van der Waals surface area contributed by atoms with Crippen molar-refractivity contribution < 1.29 is 9.47 Å². The third-order valence-electron chi connectivity index (χ3n) is 2.37. The van der Waals surface area contributed by atoms with E-state index in [2.05, 4.69) is 13.0 Å². The normalized spacial score (nSPS) is 11.5. The van der Waals surface area contributed by atoms with Crippen LogP contribution in [0, 0.1) is 0 Å². The molecule has 0 aliphatic heterocycles. The molecule has 0 heterocycles. The molecule has 0 aliphatic carbocycles. The van der Waals surface area contributed by atoms with E-state index >= 15 is 0 Å². The Morgan fingerprint density at radius 1 is 1.12 bits per heavy atom. The van der Waals surface area contributed by atoms with Crippen molar-refractivity contribution in [2.45, 2.75) is 20.3 Å². The fourth-order valence-electron chi connectivity index (χ4n) is 1.21. The summed E-state index contributed by atoms with van der Waals surface area (Å²) in [6.07, 6.45) is 3.12. The minimum absolute atomic E-state index is 0.610. The van der Waals surface area contributed by atoms with E-state index in [-0.39, 0.29) is 0 Å². The molecule has 0 N–H and O–H groups in total. The molecule has 0 atom stereocenters. The molecule has 0 unspecified atom stereocenters. The summed E-state index contributed by atoms with van der Waals surface area (Å²) in [5, 5.41) is 0. The van der Waals surface area contributed by atoms with Gasteiger partial charge in [0.15, 0.2) is 0 Å². The van der Waals surface area contributed by atoms with Crippen molar-refractivity contribution in [2.24, 2.45) is 0 Å². The fourth-order valence-corrected chi connectivity index (χ4v) is 1.21. The second kappa shape index (κ2) is 7.94. The number of hydrogen-bond donors (Lipinski definition) is 0. The number of rotatable bonds is 7. The van der Waals surface area contributed by atoms with E-state index in [0.29, 0.717) is 13.2 Å². The molecule has 0 bridgehead atoms. The van der Waals surface area contributed by atoms with E-state index in [4.69, 9.17) is 9.47 Å². The Hall–Kier alpha value is -1.28. The first-order chi connectivity index (χ1) is 7.83. The van der Waals surface area contributed by atoms with Crippen molar-refractivity contribution in [1.82, 2.24) is 0 Å². The van der Waals surface area contributed by atoms with Crippen LogP contribution in [0.2, 0.25) is 0 Å². The largest absolute Gasteiger partial charge is 0.491 e. The molecule has 1 rings (SSSR count). The molecule has 0 amide bonds. The molecule has 0 fully saturated rings. The number of hydrogen-bond acceptors (Lipinski definition) is 2. The van der Waals surface area contributed by atoms with Gasteiger partial charge in [-0.1, -0.05) is 29.8 Å². The Kier molecular flexibility index (Phi) is 6.35. The highest BCUT2D eigenvalue weighted by molar-refractivity contribution is 5.20. The average molecular weight is 220 g/mol. The van der Waals surface area contributed by atoms with Crippen molar-refractivity contribution in [2.75, 3.05) is 19.8 Å². The number of benzene rings is 1. The Labute approximate surface area is 97.9 Å². The van der Waals surface area contributed by atoms with Crippen molar-refractivity contribution in [3.63, 3.8) is 0 Å². The highest BCUT2D eigenvalue weighted by Gasteiger charge is 1.93. The van der Waals surface area contributed by atoms with Crippen LogP contribution in [0.5, 0.6) is 5.75 Å². The molecule has 2 heteroatoms. The first-order valence-corrected chi connectivity index (χ1v) is 5.70. The van der Waals surface area contributed by atoms with Crippen LogP contribution in [0.4, 0.5) is 0 Å². The average Bonchev–Trinajstić information content (AvgIpc) is 2.34. The molecule has 2 nitrogen and oxygen atoms in total. The number of ether oxygens (including phenoxy) is 2. The molecule has 16 heavy (non-hydrogen) atoms. The van der Waals surface area contributed by atoms with Crippen molar-refractivity contribution >= 4 is 0 Å². The molecule has 0 aliphatic rings. The Balaban J connectivity index is 2.01. The predicted molar refractivity (Wildman–Crippen MR) is 66.8 cm³/mol. The smallest absolute Gasteiger partial charge is 0.119 e. The lowest BCUT2D eigenvalue weighted by atomic mass is 10.2. The molecule has 0 spiro atoms. The van der Waals surface area contributed by atoms with Crippen LogP contribution >= 0.6 is 0 Å². The summed E-state index contributed by atoms with van der Waals surface area (Å²) in [5.74, 6) is 0.899. The van der Waals surface area contributed by atoms with E-state index in [1.807, 2.05) is 37.3 Å². The minimum Gasteiger partial charge on any atom is -0.491 e. The standard InChI is InChI=1S/C14H20O2/c1-3-13(2)9-10-15-11-12-16-14-7-5-4-6-8-14/h3-8H,9-12H2,1-2H3. The third kappa shape index (κ3) is 5.56. The van der Waals surface area contributed by atoms with Gasteiger partial charge in [0.25, 0.3) is 0 Å². The topological polar surface area (TPSA) is 18.5 Å². The zero-order valence-electron chi connectivity index (χ0n) is 10.1. The van der Waals surface area contributed by atoms with Crippen LogP contribution in [-0.2, 0) is 4.74 Å². The lowest BCUT2D eigenvalue weighted by Crippen LogP contribution is -2.07. The van der Waals surface area contributed by atoms with Crippen LogP contribution in [0.1, 0.15) is 20.3 Å². The summed E-state index contributed by atoms with van der Waals surface area (Å²) in [4.78, 5) is 0. The molecule has 1 aromatic carbocycles. The predicted octanol–water partition coefficient (Wildman–Crippen LogP) is 3.44. The van der Waals surface area contributed by atoms with E-state index in [9.17, 15) is 0 Å². The molecule has 0 saturated heterocycles. The van der Waals surface area contributed by atoms with E-state index < -0.39 is 0 Å². The molecule has 88 valence electrons. The van der Waals surface area contributed by atoms with Crippen LogP contribution in [0.3, 0.4) is 0 Å². The summed E-state index contributed by atoms with van der Waals surface area (Å²) in [6, 6.07) is 9.80. The van der Waals surface area contributed by atoms with E-state index in [0.717, 1.165) is 18.8 Å². The Bertz CT molecular complexity index is 304. The lowest BCUT2D eigenvalue weighted by molar-refractivity contribution is 0.102. The van der Waals surface area contributed by atoms with Gasteiger partial charge in [0.2, 0.25) is 0 Å². The van der Waals surface area contributed by atoms with Gasteiger partial charge >= 0.3 is 0 Å². The summed E-state index contributed by atoms with van der Waals surface area (Å²) < 4.78 is 11.0. The zero-order chi connectivity index (χ0) is 11.6. The summed E-state index contributed by atoms with van der Waals surface area (Å²) >= 11 is 0. The molecular weight excluding hydrogens is 200 g/mol. The summed E-state index contributed by atoms with van der Waals surface area (Å²) in [6.45, 7) is 6.19. The van der Waals surface area contributed by atoms with Gasteiger partial charge in [-0.2, -0.15) is 0 Å². The Morgan fingerprint density at radius 3 is 2.56 bits per heavy atom. The minimum atomic E-state index is 0.610. The van der Waals surface area contributed by atoms with Gasteiger partial charge in [0.05, 0.1) is 13.2 Å². The lowest BCUT2D eigenvalue weighted by Gasteiger charge is -2.07. The van der Waals surface area contributed by atoms with Crippen LogP contribution in [0.15, 0.2) is 42.0 Å². The van der Waals surface area contributed by atoms with Gasteiger partial charge in [-0.3, -0.25) is 0 Å². The van der Waals surface area contributed by atoms with Gasteiger partial charge in [0, 0.05) is 0 Å². The van der Waals surface area contributed by atoms with Crippen molar-refractivity contribution in [3.05, 3.63) is 42.0 Å². The Morgan fingerprint density at radius 2 is 1.88 bits per heavy atom. The molecule has 0 saturated carbocycles. The first kappa shape index (κ1) is 12.8. The van der Waals surface area contributed by atoms with Gasteiger partial charge in [-0.25, -0.2) is 0 Å². The van der Waals surface area contributed by atoms with Crippen LogP contribution in [0.25, 0.3) is 0 Å². The summed E-state index contributed by atoms with van der Waals surface area (Å²) in [7, 11) is 0. The van der Waals surface area contributed by atoms with Gasteiger partial charge < -0.3 is 9.47 Å². The third-order valence-corrected chi connectivity index (χ3v) is 2.37. The van der Waals surface area contributed by atoms with Crippen LogP contribution in [-0.4, -0.2) is 19.8 Å². The number of allylic oxidation sites excluding steroid dienone is 1. The quantitative estimate of drug-likeness (QED) is 0.517. The van der Waals surface area contributed by atoms with E-state index in [1.165, 1.54) is 5.57 Å². The summed E-state index contributed by atoms with van der Waals surface area (Å²) in [5.41, 5.74) is 1.36. The maximum Gasteiger partial charge on any atom is 0.119 e.